The van der Waals surface area contributed by atoms with E-state index in [1.807, 2.05) is 7.05 Å². The third-order valence-electron chi connectivity index (χ3n) is 3.33. The fourth-order valence-electron chi connectivity index (χ4n) is 2.43. The predicted molar refractivity (Wildman–Crippen MR) is 60.7 cm³/mol. The summed E-state index contributed by atoms with van der Waals surface area (Å²) in [5.41, 5.74) is 0. The van der Waals surface area contributed by atoms with Crippen molar-refractivity contribution in [1.29, 1.82) is 0 Å². The summed E-state index contributed by atoms with van der Waals surface area (Å²) in [5, 5.41) is 16.1. The lowest BCUT2D eigenvalue weighted by molar-refractivity contribution is -0.143. The quantitative estimate of drug-likeness (QED) is 0.775. The van der Waals surface area contributed by atoms with Gasteiger partial charge >= 0.3 is 5.97 Å². The second kappa shape index (κ2) is 4.37. The molecule has 88 valence electrons. The summed E-state index contributed by atoms with van der Waals surface area (Å²) >= 11 is 5.05. The summed E-state index contributed by atoms with van der Waals surface area (Å²) in [7, 11) is 1.83. The van der Waals surface area contributed by atoms with Crippen LogP contribution in [0.1, 0.15) is 37.4 Å². The van der Waals surface area contributed by atoms with Gasteiger partial charge in [0.15, 0.2) is 4.77 Å². The molecule has 1 aromatic heterocycles. The van der Waals surface area contributed by atoms with Crippen molar-refractivity contribution >= 4 is 18.2 Å². The zero-order valence-corrected chi connectivity index (χ0v) is 9.96. The van der Waals surface area contributed by atoms with Gasteiger partial charge in [-0.15, -0.1) is 0 Å². The molecule has 5 nitrogen and oxygen atoms in total. The minimum atomic E-state index is -0.724. The number of aliphatic carboxylic acids is 1. The highest BCUT2D eigenvalue weighted by Gasteiger charge is 2.34. The zero-order chi connectivity index (χ0) is 11.7. The van der Waals surface area contributed by atoms with Crippen LogP contribution in [0, 0.1) is 10.7 Å². The van der Waals surface area contributed by atoms with Crippen LogP contribution in [0.3, 0.4) is 0 Å². The van der Waals surface area contributed by atoms with E-state index in [1.54, 1.807) is 4.57 Å². The topological polar surface area (TPSA) is 70.9 Å². The van der Waals surface area contributed by atoms with Crippen molar-refractivity contribution in [3.63, 3.8) is 0 Å². The van der Waals surface area contributed by atoms with Gasteiger partial charge in [-0.3, -0.25) is 9.89 Å². The van der Waals surface area contributed by atoms with Crippen LogP contribution >= 0.6 is 12.2 Å². The molecule has 0 aliphatic heterocycles. The predicted octanol–water partition coefficient (Wildman–Crippen LogP) is 1.84. The third kappa shape index (κ3) is 1.89. The first-order chi connectivity index (χ1) is 7.61. The number of hydrogen-bond acceptors (Lipinski definition) is 3. The van der Waals surface area contributed by atoms with Crippen molar-refractivity contribution < 1.29 is 9.90 Å². The lowest BCUT2D eigenvalue weighted by atomic mass is 9.79. The van der Waals surface area contributed by atoms with Crippen molar-refractivity contribution in [2.45, 2.75) is 31.6 Å². The maximum atomic E-state index is 11.2. The SMILES string of the molecule is Cn1c([C@H]2CCCC[C@H]2C(=O)O)n[nH]c1=S. The highest BCUT2D eigenvalue weighted by Crippen LogP contribution is 2.36. The maximum Gasteiger partial charge on any atom is 0.307 e. The Bertz CT molecular complexity index is 451. The largest absolute Gasteiger partial charge is 0.481 e. The van der Waals surface area contributed by atoms with Crippen molar-refractivity contribution in [2.24, 2.45) is 13.0 Å². The van der Waals surface area contributed by atoms with Crippen LogP contribution in [0.25, 0.3) is 0 Å². The average molecular weight is 241 g/mol. The van der Waals surface area contributed by atoms with Gasteiger partial charge in [0.25, 0.3) is 0 Å². The van der Waals surface area contributed by atoms with Crippen LogP contribution in [0.5, 0.6) is 0 Å². The molecular formula is C10H15N3O2S. The fourth-order valence-corrected chi connectivity index (χ4v) is 2.57. The van der Waals surface area contributed by atoms with Crippen LogP contribution in [0.2, 0.25) is 0 Å². The molecule has 1 aliphatic carbocycles. The Hall–Kier alpha value is -1.17. The molecule has 1 aromatic rings. The van der Waals surface area contributed by atoms with E-state index in [1.165, 1.54) is 0 Å². The number of carboxylic acid groups (broad SMARTS) is 1. The second-order valence-electron chi connectivity index (χ2n) is 4.28. The summed E-state index contributed by atoms with van der Waals surface area (Å²) in [5.74, 6) is -0.280. The summed E-state index contributed by atoms with van der Waals surface area (Å²) in [6, 6.07) is 0. The molecule has 0 amide bonds. The number of carboxylic acids is 1. The molecule has 0 radical (unpaired) electrons. The number of carbonyl (C=O) groups is 1. The lowest BCUT2D eigenvalue weighted by Crippen LogP contribution is -2.27. The van der Waals surface area contributed by atoms with Crippen molar-refractivity contribution in [3.8, 4) is 0 Å². The molecule has 1 fully saturated rings. The van der Waals surface area contributed by atoms with E-state index < -0.39 is 5.97 Å². The molecule has 2 rings (SSSR count). The molecule has 6 heteroatoms. The van der Waals surface area contributed by atoms with Gasteiger partial charge in [-0.2, -0.15) is 5.10 Å². The van der Waals surface area contributed by atoms with E-state index in [0.717, 1.165) is 31.5 Å². The molecule has 0 saturated heterocycles. The van der Waals surface area contributed by atoms with Crippen molar-refractivity contribution in [2.75, 3.05) is 0 Å². The van der Waals surface area contributed by atoms with E-state index in [0.29, 0.717) is 4.77 Å². The van der Waals surface area contributed by atoms with Gasteiger partial charge in [-0.05, 0) is 25.1 Å². The number of H-pyrrole nitrogens is 1. The molecule has 1 heterocycles. The number of hydrogen-bond donors (Lipinski definition) is 2. The molecule has 1 saturated carbocycles. The normalized spacial score (nSPS) is 25.6. The second-order valence-corrected chi connectivity index (χ2v) is 4.67. The molecule has 16 heavy (non-hydrogen) atoms. The van der Waals surface area contributed by atoms with E-state index in [4.69, 9.17) is 12.2 Å². The first kappa shape index (κ1) is 11.3. The van der Waals surface area contributed by atoms with Gasteiger partial charge in [0, 0.05) is 13.0 Å². The standard InChI is InChI=1S/C10H15N3O2S/c1-13-8(11-12-10(13)16)6-4-2-3-5-7(6)9(14)15/h6-7H,2-5H2,1H3,(H,12,16)(H,14,15)/t6-,7+/m0/s1. The Kier molecular flexibility index (Phi) is 3.09. The van der Waals surface area contributed by atoms with Crippen LogP contribution in [-0.2, 0) is 11.8 Å². The minimum absolute atomic E-state index is 0.0100. The Morgan fingerprint density at radius 3 is 2.81 bits per heavy atom. The average Bonchev–Trinajstić information content (AvgIpc) is 2.60. The molecule has 0 unspecified atom stereocenters. The Morgan fingerprint density at radius 2 is 2.25 bits per heavy atom. The monoisotopic (exact) mass is 241 g/mol. The smallest absolute Gasteiger partial charge is 0.307 e. The van der Waals surface area contributed by atoms with Crippen LogP contribution in [0.15, 0.2) is 0 Å². The number of nitrogens with one attached hydrogen (secondary N) is 1. The minimum Gasteiger partial charge on any atom is -0.481 e. The van der Waals surface area contributed by atoms with Crippen LogP contribution in [0.4, 0.5) is 0 Å². The van der Waals surface area contributed by atoms with Gasteiger partial charge in [0.2, 0.25) is 0 Å². The summed E-state index contributed by atoms with van der Waals surface area (Å²) in [6.45, 7) is 0. The highest BCUT2D eigenvalue weighted by atomic mass is 32.1. The number of aromatic amines is 1. The third-order valence-corrected chi connectivity index (χ3v) is 3.69. The first-order valence-corrected chi connectivity index (χ1v) is 5.86. The van der Waals surface area contributed by atoms with Gasteiger partial charge in [-0.25, -0.2) is 0 Å². The molecule has 1 aliphatic rings. The van der Waals surface area contributed by atoms with Crippen LogP contribution < -0.4 is 0 Å². The first-order valence-electron chi connectivity index (χ1n) is 5.45. The van der Waals surface area contributed by atoms with Gasteiger partial charge in [0.05, 0.1) is 5.92 Å². The molecule has 0 spiro atoms. The summed E-state index contributed by atoms with van der Waals surface area (Å²) < 4.78 is 2.33. The maximum absolute atomic E-state index is 11.2. The van der Waals surface area contributed by atoms with E-state index in [-0.39, 0.29) is 11.8 Å². The van der Waals surface area contributed by atoms with Crippen LogP contribution in [-0.4, -0.2) is 25.8 Å². The Morgan fingerprint density at radius 1 is 1.56 bits per heavy atom. The van der Waals surface area contributed by atoms with Gasteiger partial charge < -0.3 is 9.67 Å². The van der Waals surface area contributed by atoms with Gasteiger partial charge in [0.1, 0.15) is 5.82 Å². The fraction of sp³-hybridized carbons (Fsp3) is 0.700. The molecular weight excluding hydrogens is 226 g/mol. The van der Waals surface area contributed by atoms with Gasteiger partial charge in [-0.1, -0.05) is 12.8 Å². The summed E-state index contributed by atoms with van der Waals surface area (Å²) in [6.07, 6.45) is 3.67. The van der Waals surface area contributed by atoms with E-state index >= 15 is 0 Å². The number of nitrogens with zero attached hydrogens (tertiary/aromatic N) is 2. The molecule has 0 bridgehead atoms. The lowest BCUT2D eigenvalue weighted by Gasteiger charge is -2.27. The Labute approximate surface area is 98.5 Å². The van der Waals surface area contributed by atoms with Crippen molar-refractivity contribution in [3.05, 3.63) is 10.6 Å². The Balaban J connectivity index is 2.33. The van der Waals surface area contributed by atoms with E-state index in [2.05, 4.69) is 10.2 Å². The number of rotatable bonds is 2. The van der Waals surface area contributed by atoms with E-state index in [9.17, 15) is 9.90 Å². The number of aromatic nitrogens is 3. The zero-order valence-electron chi connectivity index (χ0n) is 9.14. The highest BCUT2D eigenvalue weighted by molar-refractivity contribution is 7.71. The molecule has 2 atom stereocenters. The van der Waals surface area contributed by atoms with Crippen molar-refractivity contribution in [1.82, 2.24) is 14.8 Å². The molecule has 0 aromatic carbocycles. The molecule has 2 N–H and O–H groups in total. The summed E-state index contributed by atoms with van der Waals surface area (Å²) in [4.78, 5) is 11.2.